The van der Waals surface area contributed by atoms with Crippen molar-refractivity contribution in [2.45, 2.75) is 0 Å². The van der Waals surface area contributed by atoms with Crippen molar-refractivity contribution in [1.29, 1.82) is 0 Å². The fourth-order valence-electron chi connectivity index (χ4n) is 0.698. The highest BCUT2D eigenvalue weighted by atomic mass is 79.9. The van der Waals surface area contributed by atoms with Crippen LogP contribution in [-0.4, -0.2) is 12.2 Å². The predicted octanol–water partition coefficient (Wildman–Crippen LogP) is 2.93. The van der Waals surface area contributed by atoms with Gasteiger partial charge < -0.3 is 9.84 Å². The van der Waals surface area contributed by atoms with Crippen molar-refractivity contribution in [1.82, 2.24) is 0 Å². The van der Waals surface area contributed by atoms with E-state index in [1.807, 2.05) is 0 Å². The van der Waals surface area contributed by atoms with Crippen molar-refractivity contribution in [3.63, 3.8) is 0 Å². The van der Waals surface area contributed by atoms with Crippen LogP contribution >= 0.6 is 31.9 Å². The van der Waals surface area contributed by atoms with Gasteiger partial charge in [0.15, 0.2) is 11.5 Å². The van der Waals surface area contributed by atoms with Crippen molar-refractivity contribution >= 4 is 31.9 Å². The first-order chi connectivity index (χ1) is 5.15. The summed E-state index contributed by atoms with van der Waals surface area (Å²) in [6.45, 7) is 0. The van der Waals surface area contributed by atoms with Gasteiger partial charge in [-0.1, -0.05) is 15.9 Å². The van der Waals surface area contributed by atoms with Crippen molar-refractivity contribution < 1.29 is 9.84 Å². The van der Waals surface area contributed by atoms with Crippen LogP contribution in [0.3, 0.4) is 0 Å². The topological polar surface area (TPSA) is 29.5 Å². The van der Waals surface area contributed by atoms with Gasteiger partial charge >= 0.3 is 0 Å². The van der Waals surface area contributed by atoms with E-state index in [9.17, 15) is 5.11 Å². The number of benzene rings is 1. The summed E-state index contributed by atoms with van der Waals surface area (Å²) in [7, 11) is 1.51. The number of halogens is 2. The molecule has 0 amide bonds. The normalized spacial score (nSPS) is 9.73. The molecule has 0 saturated heterocycles. The Morgan fingerprint density at radius 2 is 2.00 bits per heavy atom. The molecule has 0 unspecified atom stereocenters. The number of methoxy groups -OCH3 is 1. The summed E-state index contributed by atoms with van der Waals surface area (Å²) in [5.41, 5.74) is 0. The largest absolute Gasteiger partial charge is 0.503 e. The molecule has 0 radical (unpaired) electrons. The molecule has 0 aliphatic rings. The second-order valence-electron chi connectivity index (χ2n) is 1.94. The van der Waals surface area contributed by atoms with Crippen LogP contribution < -0.4 is 4.74 Å². The molecule has 0 atom stereocenters. The SMILES string of the molecule is COc1cc(Br)cc(Br)c1O. The van der Waals surface area contributed by atoms with E-state index in [1.165, 1.54) is 7.11 Å². The van der Waals surface area contributed by atoms with Crippen molar-refractivity contribution in [2.24, 2.45) is 0 Å². The molecule has 4 heteroatoms. The maximum absolute atomic E-state index is 9.33. The lowest BCUT2D eigenvalue weighted by atomic mass is 10.3. The standard InChI is InChI=1S/C7H6Br2O2/c1-11-6-3-4(8)2-5(9)7(6)10/h2-3,10H,1H3. The maximum Gasteiger partial charge on any atom is 0.172 e. The molecule has 1 aromatic carbocycles. The van der Waals surface area contributed by atoms with E-state index < -0.39 is 0 Å². The molecular formula is C7H6Br2O2. The van der Waals surface area contributed by atoms with Crippen LogP contribution in [0.4, 0.5) is 0 Å². The first-order valence-electron chi connectivity index (χ1n) is 2.87. The summed E-state index contributed by atoms with van der Waals surface area (Å²) < 4.78 is 6.37. The van der Waals surface area contributed by atoms with E-state index in [1.54, 1.807) is 12.1 Å². The Hall–Kier alpha value is -0.220. The minimum atomic E-state index is 0.121. The monoisotopic (exact) mass is 280 g/mol. The molecule has 2 nitrogen and oxygen atoms in total. The average Bonchev–Trinajstić information content (AvgIpc) is 1.96. The van der Waals surface area contributed by atoms with Crippen LogP contribution in [-0.2, 0) is 0 Å². The van der Waals surface area contributed by atoms with Gasteiger partial charge in [0.25, 0.3) is 0 Å². The van der Waals surface area contributed by atoms with Crippen LogP contribution in [0.2, 0.25) is 0 Å². The molecule has 1 aromatic rings. The molecule has 0 aliphatic heterocycles. The number of ether oxygens (including phenoxy) is 1. The van der Waals surface area contributed by atoms with Crippen molar-refractivity contribution in [3.05, 3.63) is 21.1 Å². The highest BCUT2D eigenvalue weighted by Gasteiger charge is 2.06. The molecule has 0 aliphatic carbocycles. The fraction of sp³-hybridized carbons (Fsp3) is 0.143. The van der Waals surface area contributed by atoms with E-state index in [2.05, 4.69) is 31.9 Å². The van der Waals surface area contributed by atoms with Gasteiger partial charge in [-0.3, -0.25) is 0 Å². The highest BCUT2D eigenvalue weighted by molar-refractivity contribution is 9.11. The Morgan fingerprint density at radius 1 is 1.36 bits per heavy atom. The lowest BCUT2D eigenvalue weighted by Crippen LogP contribution is -1.83. The molecule has 0 bridgehead atoms. The molecule has 1 N–H and O–H groups in total. The third-order valence-electron chi connectivity index (χ3n) is 1.21. The molecule has 11 heavy (non-hydrogen) atoms. The zero-order chi connectivity index (χ0) is 8.43. The summed E-state index contributed by atoms with van der Waals surface area (Å²) in [6.07, 6.45) is 0. The fourth-order valence-corrected chi connectivity index (χ4v) is 1.88. The lowest BCUT2D eigenvalue weighted by Gasteiger charge is -2.04. The molecule has 0 saturated carbocycles. The maximum atomic E-state index is 9.33. The first-order valence-corrected chi connectivity index (χ1v) is 4.45. The minimum absolute atomic E-state index is 0.121. The van der Waals surface area contributed by atoms with Gasteiger partial charge in [0, 0.05) is 4.47 Å². The van der Waals surface area contributed by atoms with Gasteiger partial charge in [-0.2, -0.15) is 0 Å². The number of aromatic hydroxyl groups is 1. The Kier molecular flexibility index (Phi) is 2.78. The molecule has 0 spiro atoms. The van der Waals surface area contributed by atoms with Gasteiger partial charge in [-0.15, -0.1) is 0 Å². The Labute approximate surface area is 81.4 Å². The zero-order valence-corrected chi connectivity index (χ0v) is 8.94. The van der Waals surface area contributed by atoms with Crippen molar-refractivity contribution in [3.8, 4) is 11.5 Å². The lowest BCUT2D eigenvalue weighted by molar-refractivity contribution is 0.371. The van der Waals surface area contributed by atoms with Gasteiger partial charge in [0.1, 0.15) is 0 Å². The van der Waals surface area contributed by atoms with Crippen LogP contribution in [0.15, 0.2) is 21.1 Å². The van der Waals surface area contributed by atoms with E-state index in [0.717, 1.165) is 4.47 Å². The number of rotatable bonds is 1. The summed E-state index contributed by atoms with van der Waals surface area (Å²) in [5.74, 6) is 0.571. The third kappa shape index (κ3) is 1.87. The number of hydrogen-bond donors (Lipinski definition) is 1. The van der Waals surface area contributed by atoms with Gasteiger partial charge in [0.05, 0.1) is 11.6 Å². The van der Waals surface area contributed by atoms with Gasteiger partial charge in [-0.05, 0) is 28.1 Å². The van der Waals surface area contributed by atoms with Crippen LogP contribution in [0.5, 0.6) is 11.5 Å². The molecule has 60 valence electrons. The Balaban J connectivity index is 3.24. The van der Waals surface area contributed by atoms with Crippen molar-refractivity contribution in [2.75, 3.05) is 7.11 Å². The molecule has 0 heterocycles. The van der Waals surface area contributed by atoms with Gasteiger partial charge in [0.2, 0.25) is 0 Å². The summed E-state index contributed by atoms with van der Waals surface area (Å²) in [4.78, 5) is 0. The number of phenolic OH excluding ortho intramolecular Hbond substituents is 1. The molecule has 0 fully saturated rings. The van der Waals surface area contributed by atoms with Crippen LogP contribution in [0, 0.1) is 0 Å². The Bertz CT molecular complexity index is 273. The highest BCUT2D eigenvalue weighted by Crippen LogP contribution is 2.36. The number of phenols is 1. The van der Waals surface area contributed by atoms with E-state index in [0.29, 0.717) is 10.2 Å². The summed E-state index contributed by atoms with van der Waals surface area (Å²) in [6, 6.07) is 3.44. The predicted molar refractivity (Wildman–Crippen MR) is 50.1 cm³/mol. The second kappa shape index (κ2) is 3.45. The molecular weight excluding hydrogens is 276 g/mol. The third-order valence-corrected chi connectivity index (χ3v) is 2.28. The van der Waals surface area contributed by atoms with Crippen LogP contribution in [0.25, 0.3) is 0 Å². The van der Waals surface area contributed by atoms with Gasteiger partial charge in [-0.25, -0.2) is 0 Å². The Morgan fingerprint density at radius 3 is 2.55 bits per heavy atom. The first kappa shape index (κ1) is 8.87. The second-order valence-corrected chi connectivity index (χ2v) is 3.71. The quantitative estimate of drug-likeness (QED) is 0.858. The average molecular weight is 282 g/mol. The molecule has 1 rings (SSSR count). The summed E-state index contributed by atoms with van der Waals surface area (Å²) in [5, 5.41) is 9.33. The van der Waals surface area contributed by atoms with E-state index in [-0.39, 0.29) is 5.75 Å². The smallest absolute Gasteiger partial charge is 0.172 e. The minimum Gasteiger partial charge on any atom is -0.503 e. The van der Waals surface area contributed by atoms with E-state index >= 15 is 0 Å². The summed E-state index contributed by atoms with van der Waals surface area (Å²) >= 11 is 6.44. The van der Waals surface area contributed by atoms with E-state index in [4.69, 9.17) is 4.74 Å². The molecule has 0 aromatic heterocycles. The van der Waals surface area contributed by atoms with Crippen LogP contribution in [0.1, 0.15) is 0 Å². The zero-order valence-electron chi connectivity index (χ0n) is 5.77. The number of hydrogen-bond acceptors (Lipinski definition) is 2.